The van der Waals surface area contributed by atoms with Crippen molar-refractivity contribution in [2.75, 3.05) is 39.9 Å². The molecule has 1 N–H and O–H groups in total. The number of carbonyl (C=O) groups excluding carboxylic acids is 1. The van der Waals surface area contributed by atoms with E-state index in [1.807, 2.05) is 29.8 Å². The average Bonchev–Trinajstić information content (AvgIpc) is 3.71. The van der Waals surface area contributed by atoms with Crippen molar-refractivity contribution in [3.05, 3.63) is 39.2 Å². The summed E-state index contributed by atoms with van der Waals surface area (Å²) in [6, 6.07) is -0.138. The van der Waals surface area contributed by atoms with Gasteiger partial charge >= 0.3 is 0 Å². The molecule has 2 saturated heterocycles. The normalized spacial score (nSPS) is 20.9. The van der Waals surface area contributed by atoms with Crippen LogP contribution in [0.5, 0.6) is 0 Å². The zero-order valence-electron chi connectivity index (χ0n) is 24.3. The van der Waals surface area contributed by atoms with E-state index in [0.717, 1.165) is 56.8 Å². The molecule has 1 atom stereocenters. The maximum Gasteiger partial charge on any atom is 0.242 e. The first-order valence-corrected chi connectivity index (χ1v) is 15.7. The first-order chi connectivity index (χ1) is 19.3. The van der Waals surface area contributed by atoms with Crippen LogP contribution < -0.4 is 0 Å². The second kappa shape index (κ2) is 9.96. The van der Waals surface area contributed by atoms with Gasteiger partial charge in [0, 0.05) is 47.2 Å². The number of aryl methyl sites for hydroxylation is 3. The maximum atomic E-state index is 13.2. The third-order valence-electron chi connectivity index (χ3n) is 9.47. The number of aromatic nitrogens is 4. The van der Waals surface area contributed by atoms with Gasteiger partial charge < -0.3 is 14.6 Å². The summed E-state index contributed by atoms with van der Waals surface area (Å²) < 4.78 is 7.61. The van der Waals surface area contributed by atoms with Crippen LogP contribution in [0.15, 0.2) is 6.20 Å². The Morgan fingerprint density at radius 2 is 1.93 bits per heavy atom. The minimum absolute atomic E-state index is 0.138. The van der Waals surface area contributed by atoms with E-state index in [1.165, 1.54) is 55.0 Å². The third kappa shape index (κ3) is 4.11. The van der Waals surface area contributed by atoms with Crippen molar-refractivity contribution in [2.24, 2.45) is 0 Å². The zero-order chi connectivity index (χ0) is 27.7. The second-order valence-corrected chi connectivity index (χ2v) is 13.4. The molecule has 9 heteroatoms. The largest absolute Gasteiger partial charge is 0.378 e. The SMILES string of the molecule is Cc1nc2c3c(c(-c4[nH]c5sc(C6CCN(C(=O)[C@H]7COCCN7C)CC6)c(C)c5c4C(C)C)cn2n1)CCC3. The number of hydrogen-bond donors (Lipinski definition) is 1. The van der Waals surface area contributed by atoms with Crippen LogP contribution in [0, 0.1) is 13.8 Å². The number of fused-ring (bicyclic) bond motifs is 4. The van der Waals surface area contributed by atoms with Gasteiger partial charge in [-0.3, -0.25) is 9.69 Å². The van der Waals surface area contributed by atoms with E-state index in [0.29, 0.717) is 25.0 Å². The van der Waals surface area contributed by atoms with E-state index >= 15 is 0 Å². The lowest BCUT2D eigenvalue weighted by molar-refractivity contribution is -0.143. The number of ether oxygens (including phenoxy) is 1. The van der Waals surface area contributed by atoms with Gasteiger partial charge in [0.1, 0.15) is 16.7 Å². The molecule has 6 heterocycles. The summed E-state index contributed by atoms with van der Waals surface area (Å²) in [5.41, 5.74) is 9.24. The second-order valence-electron chi connectivity index (χ2n) is 12.3. The Morgan fingerprint density at radius 3 is 2.67 bits per heavy atom. The molecule has 0 spiro atoms. The van der Waals surface area contributed by atoms with Crippen molar-refractivity contribution in [3.8, 4) is 11.3 Å². The molecular weight excluding hydrogens is 520 g/mol. The lowest BCUT2D eigenvalue weighted by Crippen LogP contribution is -2.54. The number of H-pyrrole nitrogens is 1. The van der Waals surface area contributed by atoms with Gasteiger partial charge in [-0.1, -0.05) is 13.8 Å². The standard InChI is InChI=1S/C31H40N6O2S/c1-17(2)25-26-18(3)28(20-9-11-36(12-10-20)31(38)24-16-39-14-13-35(24)5)40-30(26)33-27(25)23-15-37-29(32-19(4)34-37)22-8-6-7-21(22)23/h15,17,20,24,33H,6-14,16H2,1-5H3/t24-/m1/s1. The summed E-state index contributed by atoms with van der Waals surface area (Å²) in [5, 5.41) is 6.10. The Hall–Kier alpha value is -2.75. The first-order valence-electron chi connectivity index (χ1n) is 14.9. The highest BCUT2D eigenvalue weighted by Crippen LogP contribution is 2.47. The summed E-state index contributed by atoms with van der Waals surface area (Å²) in [5.74, 6) is 1.95. The fourth-order valence-electron chi connectivity index (χ4n) is 7.38. The molecular formula is C31H40N6O2S. The summed E-state index contributed by atoms with van der Waals surface area (Å²) in [6.07, 6.45) is 7.60. The van der Waals surface area contributed by atoms with Crippen molar-refractivity contribution >= 4 is 33.1 Å². The van der Waals surface area contributed by atoms with Gasteiger partial charge in [-0.2, -0.15) is 5.10 Å². The molecule has 7 rings (SSSR count). The molecule has 212 valence electrons. The van der Waals surface area contributed by atoms with Crippen LogP contribution >= 0.6 is 11.3 Å². The number of aromatic amines is 1. The number of thiophene rings is 1. The topological polar surface area (TPSA) is 78.8 Å². The summed E-state index contributed by atoms with van der Waals surface area (Å²) in [6.45, 7) is 12.6. The summed E-state index contributed by atoms with van der Waals surface area (Å²) in [7, 11) is 2.04. The van der Waals surface area contributed by atoms with E-state index in [-0.39, 0.29) is 11.9 Å². The number of carbonyl (C=O) groups is 1. The van der Waals surface area contributed by atoms with Gasteiger partial charge in [0.25, 0.3) is 0 Å². The third-order valence-corrected chi connectivity index (χ3v) is 10.8. The molecule has 2 fully saturated rings. The number of likely N-dealkylation sites (tertiary alicyclic amines) is 1. The molecule has 0 radical (unpaired) electrons. The number of rotatable bonds is 4. The lowest BCUT2D eigenvalue weighted by Gasteiger charge is -2.38. The van der Waals surface area contributed by atoms with Crippen molar-refractivity contribution in [1.82, 2.24) is 29.4 Å². The molecule has 4 aromatic heterocycles. The quantitative estimate of drug-likeness (QED) is 0.371. The van der Waals surface area contributed by atoms with E-state index in [2.05, 4.69) is 41.8 Å². The van der Waals surface area contributed by atoms with Crippen molar-refractivity contribution in [2.45, 2.75) is 77.7 Å². The Kier molecular flexibility index (Phi) is 6.52. The highest BCUT2D eigenvalue weighted by atomic mass is 32.1. The molecule has 1 aliphatic carbocycles. The number of amides is 1. The fourth-order valence-corrected chi connectivity index (χ4v) is 8.77. The van der Waals surface area contributed by atoms with E-state index in [9.17, 15) is 4.79 Å². The Balaban J connectivity index is 1.20. The Morgan fingerprint density at radius 1 is 1.15 bits per heavy atom. The molecule has 2 aliphatic heterocycles. The van der Waals surface area contributed by atoms with Crippen molar-refractivity contribution < 1.29 is 9.53 Å². The van der Waals surface area contributed by atoms with E-state index < -0.39 is 0 Å². The van der Waals surface area contributed by atoms with Crippen LogP contribution in [0.1, 0.15) is 77.9 Å². The predicted octanol–water partition coefficient (Wildman–Crippen LogP) is 5.20. The average molecular weight is 561 g/mol. The summed E-state index contributed by atoms with van der Waals surface area (Å²) >= 11 is 1.93. The Labute approximate surface area is 239 Å². The van der Waals surface area contributed by atoms with Gasteiger partial charge in [-0.15, -0.1) is 11.3 Å². The van der Waals surface area contributed by atoms with Gasteiger partial charge in [0.2, 0.25) is 5.91 Å². The zero-order valence-corrected chi connectivity index (χ0v) is 25.2. The highest BCUT2D eigenvalue weighted by molar-refractivity contribution is 7.19. The number of morpholine rings is 1. The van der Waals surface area contributed by atoms with Crippen LogP contribution in [0.25, 0.3) is 27.1 Å². The van der Waals surface area contributed by atoms with Crippen LogP contribution in [0.4, 0.5) is 0 Å². The smallest absolute Gasteiger partial charge is 0.242 e. The maximum absolute atomic E-state index is 13.2. The van der Waals surface area contributed by atoms with Gasteiger partial charge in [0.15, 0.2) is 5.65 Å². The van der Waals surface area contributed by atoms with Crippen molar-refractivity contribution in [3.63, 3.8) is 0 Å². The predicted molar refractivity (Wildman–Crippen MR) is 160 cm³/mol. The van der Waals surface area contributed by atoms with Crippen LogP contribution in [-0.2, 0) is 22.4 Å². The Bertz CT molecular complexity index is 1610. The monoisotopic (exact) mass is 560 g/mol. The van der Waals surface area contributed by atoms with Crippen molar-refractivity contribution in [1.29, 1.82) is 0 Å². The highest BCUT2D eigenvalue weighted by Gasteiger charge is 2.34. The molecule has 3 aliphatic rings. The molecule has 1 amide bonds. The number of nitrogens with one attached hydrogen (secondary N) is 1. The molecule has 4 aromatic rings. The molecule has 0 unspecified atom stereocenters. The molecule has 0 saturated carbocycles. The first kappa shape index (κ1) is 26.2. The van der Waals surface area contributed by atoms with Crippen LogP contribution in [0.2, 0.25) is 0 Å². The lowest BCUT2D eigenvalue weighted by atomic mass is 9.89. The minimum Gasteiger partial charge on any atom is -0.378 e. The number of piperidine rings is 1. The fraction of sp³-hybridized carbons (Fsp3) is 0.581. The molecule has 0 bridgehead atoms. The number of nitrogens with zero attached hydrogens (tertiary/aromatic N) is 5. The van der Waals surface area contributed by atoms with Gasteiger partial charge in [0.05, 0.1) is 18.9 Å². The number of pyridine rings is 1. The van der Waals surface area contributed by atoms with Gasteiger partial charge in [-0.05, 0) is 81.5 Å². The molecule has 40 heavy (non-hydrogen) atoms. The number of likely N-dealkylation sites (N-methyl/N-ethyl adjacent to an activating group) is 1. The minimum atomic E-state index is -0.138. The molecule has 8 nitrogen and oxygen atoms in total. The van der Waals surface area contributed by atoms with Crippen LogP contribution in [0.3, 0.4) is 0 Å². The van der Waals surface area contributed by atoms with Gasteiger partial charge in [-0.25, -0.2) is 9.50 Å². The van der Waals surface area contributed by atoms with E-state index in [1.54, 1.807) is 0 Å². The van der Waals surface area contributed by atoms with E-state index in [4.69, 9.17) is 14.8 Å². The molecule has 0 aromatic carbocycles. The number of hydrogen-bond acceptors (Lipinski definition) is 6. The summed E-state index contributed by atoms with van der Waals surface area (Å²) in [4.78, 5) is 28.9. The van der Waals surface area contributed by atoms with Crippen LogP contribution in [-0.4, -0.2) is 81.2 Å².